The van der Waals surface area contributed by atoms with Gasteiger partial charge in [0.1, 0.15) is 11.2 Å². The molecule has 0 fully saturated rings. The second kappa shape index (κ2) is 7.49. The Morgan fingerprint density at radius 1 is 0.848 bits per heavy atom. The average Bonchev–Trinajstić information content (AvgIpc) is 3.48. The molecule has 0 aromatic carbocycles. The Bertz CT molecular complexity index is 1600. The van der Waals surface area contributed by atoms with Gasteiger partial charge < -0.3 is 9.88 Å². The molecule has 6 heterocycles. The van der Waals surface area contributed by atoms with Crippen LogP contribution in [0.25, 0.3) is 55.8 Å². The highest BCUT2D eigenvalue weighted by atomic mass is 15.1. The van der Waals surface area contributed by atoms with Crippen LogP contribution in [0.4, 0.5) is 5.69 Å². The minimum absolute atomic E-state index is 0.659. The van der Waals surface area contributed by atoms with Gasteiger partial charge in [0, 0.05) is 61.0 Å². The number of aromatic amines is 2. The quantitative estimate of drug-likeness (QED) is 0.431. The van der Waals surface area contributed by atoms with Gasteiger partial charge in [-0.15, -0.1) is 0 Å². The highest BCUT2D eigenvalue weighted by Gasteiger charge is 2.16. The minimum Gasteiger partial charge on any atom is -0.376 e. The van der Waals surface area contributed by atoms with E-state index in [4.69, 9.17) is 4.98 Å². The molecule has 0 bridgehead atoms. The molecular formula is C24H19N9. The van der Waals surface area contributed by atoms with Crippen LogP contribution < -0.4 is 4.90 Å². The van der Waals surface area contributed by atoms with E-state index in [2.05, 4.69) is 41.2 Å². The van der Waals surface area contributed by atoms with Gasteiger partial charge in [0.15, 0.2) is 5.82 Å². The zero-order chi connectivity index (χ0) is 22.4. The summed E-state index contributed by atoms with van der Waals surface area (Å²) in [6.07, 6.45) is 12.6. The number of nitrogens with zero attached hydrogens (tertiary/aromatic N) is 7. The van der Waals surface area contributed by atoms with Crippen LogP contribution in [0.1, 0.15) is 0 Å². The second-order valence-corrected chi connectivity index (χ2v) is 7.92. The van der Waals surface area contributed by atoms with E-state index in [-0.39, 0.29) is 0 Å². The molecule has 0 unspecified atom stereocenters. The molecular weight excluding hydrogens is 414 g/mol. The van der Waals surface area contributed by atoms with Crippen molar-refractivity contribution >= 4 is 27.6 Å². The number of pyridine rings is 4. The highest BCUT2D eigenvalue weighted by molar-refractivity contribution is 5.97. The predicted molar refractivity (Wildman–Crippen MR) is 128 cm³/mol. The maximum atomic E-state index is 4.88. The van der Waals surface area contributed by atoms with Crippen molar-refractivity contribution in [2.75, 3.05) is 19.0 Å². The van der Waals surface area contributed by atoms with Gasteiger partial charge in [-0.2, -0.15) is 5.10 Å². The fraction of sp³-hybridized carbons (Fsp3) is 0.0833. The summed E-state index contributed by atoms with van der Waals surface area (Å²) in [5.41, 5.74) is 7.83. The third-order valence-electron chi connectivity index (χ3n) is 5.57. The van der Waals surface area contributed by atoms with E-state index < -0.39 is 0 Å². The van der Waals surface area contributed by atoms with E-state index >= 15 is 0 Å². The number of hydrogen-bond acceptors (Lipinski definition) is 7. The standard InChI is InChI=1S/C24H19N9/c1-33(2)16-6-15(9-26-10-16)19-7-17-20(13-28-19)31-32-23(17)24-29-21-12-27-11-18(22(21)30-24)14-4-3-5-25-8-14/h3-13H,1-2H3,(H,29,30)(H,31,32). The number of hydrogen-bond donors (Lipinski definition) is 2. The van der Waals surface area contributed by atoms with E-state index in [0.717, 1.165) is 55.7 Å². The summed E-state index contributed by atoms with van der Waals surface area (Å²) in [6, 6.07) is 7.97. The second-order valence-electron chi connectivity index (χ2n) is 7.92. The molecule has 2 N–H and O–H groups in total. The lowest BCUT2D eigenvalue weighted by molar-refractivity contribution is 1.10. The zero-order valence-corrected chi connectivity index (χ0v) is 18.0. The first-order valence-electron chi connectivity index (χ1n) is 10.4. The molecule has 0 atom stereocenters. The lowest BCUT2D eigenvalue weighted by atomic mass is 10.1. The minimum atomic E-state index is 0.659. The first-order valence-corrected chi connectivity index (χ1v) is 10.4. The molecule has 6 aromatic heterocycles. The van der Waals surface area contributed by atoms with Crippen LogP contribution in [0.2, 0.25) is 0 Å². The largest absolute Gasteiger partial charge is 0.376 e. The van der Waals surface area contributed by atoms with E-state index in [1.165, 1.54) is 0 Å². The van der Waals surface area contributed by atoms with Crippen molar-refractivity contribution in [2.24, 2.45) is 0 Å². The Kier molecular flexibility index (Phi) is 4.32. The van der Waals surface area contributed by atoms with Crippen LogP contribution in [0.5, 0.6) is 0 Å². The van der Waals surface area contributed by atoms with Crippen LogP contribution in [-0.2, 0) is 0 Å². The number of imidazole rings is 1. The van der Waals surface area contributed by atoms with Crippen molar-refractivity contribution < 1.29 is 0 Å². The van der Waals surface area contributed by atoms with Crippen molar-refractivity contribution in [2.45, 2.75) is 0 Å². The molecule has 33 heavy (non-hydrogen) atoms. The van der Waals surface area contributed by atoms with Crippen LogP contribution >= 0.6 is 0 Å². The van der Waals surface area contributed by atoms with Crippen molar-refractivity contribution in [3.05, 3.63) is 67.6 Å². The van der Waals surface area contributed by atoms with Gasteiger partial charge in [0.2, 0.25) is 0 Å². The third kappa shape index (κ3) is 3.26. The normalized spacial score (nSPS) is 11.3. The topological polar surface area (TPSA) is 112 Å². The molecule has 9 heteroatoms. The maximum Gasteiger partial charge on any atom is 0.159 e. The molecule has 9 nitrogen and oxygen atoms in total. The number of aromatic nitrogens is 8. The Labute approximate surface area is 188 Å². The molecule has 0 spiro atoms. The fourth-order valence-electron chi connectivity index (χ4n) is 3.85. The molecule has 0 aliphatic heterocycles. The van der Waals surface area contributed by atoms with Gasteiger partial charge in [0.25, 0.3) is 0 Å². The molecule has 0 aliphatic carbocycles. The van der Waals surface area contributed by atoms with Crippen LogP contribution in [0, 0.1) is 0 Å². The van der Waals surface area contributed by atoms with Gasteiger partial charge in [0.05, 0.1) is 41.0 Å². The first-order chi connectivity index (χ1) is 16.2. The van der Waals surface area contributed by atoms with Gasteiger partial charge >= 0.3 is 0 Å². The molecule has 6 rings (SSSR count). The molecule has 0 amide bonds. The predicted octanol–water partition coefficient (Wildman–Crippen LogP) is 4.09. The first kappa shape index (κ1) is 19.1. The summed E-state index contributed by atoms with van der Waals surface area (Å²) >= 11 is 0. The van der Waals surface area contributed by atoms with Gasteiger partial charge in [-0.05, 0) is 18.2 Å². The molecule has 6 aromatic rings. The Morgan fingerprint density at radius 3 is 2.58 bits per heavy atom. The number of H-pyrrole nitrogens is 2. The van der Waals surface area contributed by atoms with Crippen molar-refractivity contribution in [3.8, 4) is 33.9 Å². The highest BCUT2D eigenvalue weighted by Crippen LogP contribution is 2.32. The van der Waals surface area contributed by atoms with Gasteiger partial charge in [-0.3, -0.25) is 25.0 Å². The van der Waals surface area contributed by atoms with Crippen LogP contribution in [-0.4, -0.2) is 54.2 Å². The lowest BCUT2D eigenvalue weighted by Gasteiger charge is -2.12. The van der Waals surface area contributed by atoms with Gasteiger partial charge in [-0.1, -0.05) is 6.07 Å². The maximum absolute atomic E-state index is 4.88. The lowest BCUT2D eigenvalue weighted by Crippen LogP contribution is -2.08. The summed E-state index contributed by atoms with van der Waals surface area (Å²) in [6.45, 7) is 0. The van der Waals surface area contributed by atoms with Crippen LogP contribution in [0.3, 0.4) is 0 Å². The van der Waals surface area contributed by atoms with Crippen molar-refractivity contribution in [1.29, 1.82) is 0 Å². The van der Waals surface area contributed by atoms with E-state index in [1.54, 1.807) is 24.8 Å². The van der Waals surface area contributed by atoms with Gasteiger partial charge in [-0.25, -0.2) is 4.98 Å². The number of nitrogens with one attached hydrogen (secondary N) is 2. The third-order valence-corrected chi connectivity index (χ3v) is 5.57. The Balaban J connectivity index is 1.48. The Hall–Kier alpha value is -4.66. The molecule has 0 aliphatic rings. The van der Waals surface area contributed by atoms with E-state index in [0.29, 0.717) is 5.82 Å². The number of anilines is 1. The summed E-state index contributed by atoms with van der Waals surface area (Å²) in [5, 5.41) is 8.51. The number of rotatable bonds is 4. The summed E-state index contributed by atoms with van der Waals surface area (Å²) in [4.78, 5) is 27.8. The van der Waals surface area contributed by atoms with Crippen molar-refractivity contribution in [1.82, 2.24) is 40.1 Å². The monoisotopic (exact) mass is 433 g/mol. The number of fused-ring (bicyclic) bond motifs is 2. The summed E-state index contributed by atoms with van der Waals surface area (Å²) in [5.74, 6) is 0.659. The van der Waals surface area contributed by atoms with Crippen LogP contribution in [0.15, 0.2) is 67.6 Å². The van der Waals surface area contributed by atoms with E-state index in [1.807, 2.05) is 55.8 Å². The van der Waals surface area contributed by atoms with Crippen molar-refractivity contribution in [3.63, 3.8) is 0 Å². The molecule has 0 saturated heterocycles. The zero-order valence-electron chi connectivity index (χ0n) is 18.0. The fourth-order valence-corrected chi connectivity index (χ4v) is 3.85. The average molecular weight is 433 g/mol. The molecule has 160 valence electrons. The Morgan fingerprint density at radius 2 is 1.73 bits per heavy atom. The van der Waals surface area contributed by atoms with E-state index in [9.17, 15) is 0 Å². The molecule has 0 radical (unpaired) electrons. The smallest absolute Gasteiger partial charge is 0.159 e. The summed E-state index contributed by atoms with van der Waals surface area (Å²) < 4.78 is 0. The summed E-state index contributed by atoms with van der Waals surface area (Å²) in [7, 11) is 3.98. The molecule has 0 saturated carbocycles. The SMILES string of the molecule is CN(C)c1cncc(-c2cc3c(-c4nc5c(-c6cccnc6)cncc5[nH]4)n[nH]c3cn2)c1.